The molecule has 0 amide bonds. The van der Waals surface area contributed by atoms with Crippen molar-refractivity contribution >= 4 is 17.2 Å². The number of dihydropyridines is 1. The fourth-order valence-corrected chi connectivity index (χ4v) is 0.870. The molecule has 1 aliphatic heterocycles. The Balaban J connectivity index is 2.48. The topological polar surface area (TPSA) is 24.1 Å². The van der Waals surface area contributed by atoms with Crippen LogP contribution in [0.15, 0.2) is 24.0 Å². The van der Waals surface area contributed by atoms with E-state index in [0.717, 1.165) is 17.2 Å². The molecular formula is C7H10N2S. The molecule has 0 aromatic heterocycles. The Morgan fingerprint density at radius 2 is 2.60 bits per heavy atom. The molecule has 1 aliphatic rings. The van der Waals surface area contributed by atoms with Crippen molar-refractivity contribution in [3.05, 3.63) is 24.0 Å². The molecule has 0 saturated carbocycles. The lowest BCUT2D eigenvalue weighted by Crippen LogP contribution is -2.21. The van der Waals surface area contributed by atoms with Crippen molar-refractivity contribution in [1.82, 2.24) is 10.6 Å². The quantitative estimate of drug-likeness (QED) is 0.549. The minimum absolute atomic E-state index is 0.791. The van der Waals surface area contributed by atoms with Gasteiger partial charge in [0.05, 0.1) is 10.7 Å². The fraction of sp³-hybridized carbons (Fsp3) is 0.286. The van der Waals surface area contributed by atoms with E-state index in [-0.39, 0.29) is 0 Å². The van der Waals surface area contributed by atoms with Crippen molar-refractivity contribution in [2.24, 2.45) is 0 Å². The first-order valence-electron chi connectivity index (χ1n) is 3.17. The summed E-state index contributed by atoms with van der Waals surface area (Å²) in [5.74, 6) is 0. The van der Waals surface area contributed by atoms with E-state index in [2.05, 4.69) is 10.6 Å². The lowest BCUT2D eigenvalue weighted by molar-refractivity contribution is 0.933. The molecule has 3 heteroatoms. The molecule has 0 fully saturated rings. The Morgan fingerprint density at radius 3 is 3.10 bits per heavy atom. The van der Waals surface area contributed by atoms with E-state index in [0.29, 0.717) is 0 Å². The van der Waals surface area contributed by atoms with Crippen molar-refractivity contribution in [2.45, 2.75) is 6.92 Å². The second kappa shape index (κ2) is 3.37. The molecule has 0 aromatic carbocycles. The third kappa shape index (κ3) is 2.19. The van der Waals surface area contributed by atoms with Crippen molar-refractivity contribution in [3.63, 3.8) is 0 Å². The predicted molar refractivity (Wildman–Crippen MR) is 46.6 cm³/mol. The molecule has 0 spiro atoms. The number of thiocarbonyl (C=S) groups is 1. The Bertz CT molecular complexity index is 194. The highest BCUT2D eigenvalue weighted by atomic mass is 32.1. The SMILES string of the molecule is CC(=S)NC1=CNCC=C1. The second-order valence-electron chi connectivity index (χ2n) is 2.09. The van der Waals surface area contributed by atoms with Crippen LogP contribution in [0, 0.1) is 0 Å². The van der Waals surface area contributed by atoms with Crippen LogP contribution < -0.4 is 10.6 Å². The summed E-state index contributed by atoms with van der Waals surface area (Å²) in [7, 11) is 0. The maximum absolute atomic E-state index is 4.86. The summed E-state index contributed by atoms with van der Waals surface area (Å²) in [5.41, 5.74) is 1.03. The van der Waals surface area contributed by atoms with E-state index >= 15 is 0 Å². The van der Waals surface area contributed by atoms with E-state index in [4.69, 9.17) is 12.2 Å². The number of rotatable bonds is 1. The Morgan fingerprint density at radius 1 is 1.80 bits per heavy atom. The summed E-state index contributed by atoms with van der Waals surface area (Å²) < 4.78 is 0. The van der Waals surface area contributed by atoms with Gasteiger partial charge in [0, 0.05) is 12.7 Å². The Hall–Kier alpha value is -0.830. The average Bonchev–Trinajstić information content (AvgIpc) is 1.88. The van der Waals surface area contributed by atoms with Gasteiger partial charge in [-0.15, -0.1) is 0 Å². The number of hydrogen-bond acceptors (Lipinski definition) is 2. The molecule has 10 heavy (non-hydrogen) atoms. The summed E-state index contributed by atoms with van der Waals surface area (Å²) in [6, 6.07) is 0. The van der Waals surface area contributed by atoms with E-state index in [9.17, 15) is 0 Å². The first-order chi connectivity index (χ1) is 4.79. The zero-order valence-electron chi connectivity index (χ0n) is 5.85. The molecule has 0 radical (unpaired) electrons. The zero-order chi connectivity index (χ0) is 7.40. The Kier molecular flexibility index (Phi) is 2.45. The maximum Gasteiger partial charge on any atom is 0.0766 e. The standard InChI is InChI=1S/C7H10N2S/c1-6(10)9-7-3-2-4-8-5-7/h2-3,5,8H,4H2,1H3,(H,9,10). The van der Waals surface area contributed by atoms with Gasteiger partial charge in [-0.05, 0) is 13.0 Å². The first kappa shape index (κ1) is 7.28. The van der Waals surface area contributed by atoms with Gasteiger partial charge in [0.15, 0.2) is 0 Å². The molecule has 0 bridgehead atoms. The number of hydrogen-bond donors (Lipinski definition) is 2. The second-order valence-corrected chi connectivity index (χ2v) is 2.70. The molecule has 0 unspecified atom stereocenters. The molecular weight excluding hydrogens is 144 g/mol. The molecule has 2 nitrogen and oxygen atoms in total. The van der Waals surface area contributed by atoms with Crippen LogP contribution in [-0.4, -0.2) is 11.5 Å². The Labute approximate surface area is 66.0 Å². The normalized spacial score (nSPS) is 15.5. The van der Waals surface area contributed by atoms with Crippen LogP contribution in [-0.2, 0) is 0 Å². The van der Waals surface area contributed by atoms with Gasteiger partial charge in [-0.2, -0.15) is 0 Å². The third-order valence-electron chi connectivity index (χ3n) is 1.11. The van der Waals surface area contributed by atoms with Crippen molar-refractivity contribution in [2.75, 3.05) is 6.54 Å². The van der Waals surface area contributed by atoms with Gasteiger partial charge >= 0.3 is 0 Å². The fourth-order valence-electron chi connectivity index (χ4n) is 0.752. The van der Waals surface area contributed by atoms with E-state index in [1.54, 1.807) is 0 Å². The molecule has 1 rings (SSSR count). The molecule has 1 heterocycles. The monoisotopic (exact) mass is 154 g/mol. The maximum atomic E-state index is 4.86. The summed E-state index contributed by atoms with van der Waals surface area (Å²) in [6.07, 6.45) is 5.96. The molecule has 0 aromatic rings. The highest BCUT2D eigenvalue weighted by Gasteiger charge is 1.94. The summed E-state index contributed by atoms with van der Waals surface area (Å²) in [4.78, 5) is 0.791. The number of allylic oxidation sites excluding steroid dienone is 1. The lowest BCUT2D eigenvalue weighted by Gasteiger charge is -2.09. The highest BCUT2D eigenvalue weighted by molar-refractivity contribution is 7.80. The minimum atomic E-state index is 0.791. The smallest absolute Gasteiger partial charge is 0.0766 e. The molecule has 0 saturated heterocycles. The predicted octanol–water partition coefficient (Wildman–Crippen LogP) is 0.924. The summed E-state index contributed by atoms with van der Waals surface area (Å²) >= 11 is 4.86. The van der Waals surface area contributed by atoms with Gasteiger partial charge in [-0.3, -0.25) is 0 Å². The summed E-state index contributed by atoms with van der Waals surface area (Å²) in [6.45, 7) is 2.76. The van der Waals surface area contributed by atoms with Crippen molar-refractivity contribution < 1.29 is 0 Å². The largest absolute Gasteiger partial charge is 0.386 e. The average molecular weight is 154 g/mol. The van der Waals surface area contributed by atoms with Gasteiger partial charge in [-0.1, -0.05) is 18.3 Å². The van der Waals surface area contributed by atoms with Gasteiger partial charge < -0.3 is 10.6 Å². The van der Waals surface area contributed by atoms with Crippen LogP contribution in [0.2, 0.25) is 0 Å². The van der Waals surface area contributed by atoms with E-state index < -0.39 is 0 Å². The van der Waals surface area contributed by atoms with Crippen LogP contribution in [0.3, 0.4) is 0 Å². The van der Waals surface area contributed by atoms with Crippen LogP contribution in [0.1, 0.15) is 6.92 Å². The third-order valence-corrected chi connectivity index (χ3v) is 1.21. The molecule has 54 valence electrons. The lowest BCUT2D eigenvalue weighted by atomic mass is 10.3. The van der Waals surface area contributed by atoms with Gasteiger partial charge in [0.25, 0.3) is 0 Å². The van der Waals surface area contributed by atoms with Gasteiger partial charge in [-0.25, -0.2) is 0 Å². The van der Waals surface area contributed by atoms with Crippen molar-refractivity contribution in [1.29, 1.82) is 0 Å². The number of nitrogens with one attached hydrogen (secondary N) is 2. The molecule has 2 N–H and O–H groups in total. The van der Waals surface area contributed by atoms with Crippen LogP contribution in [0.5, 0.6) is 0 Å². The van der Waals surface area contributed by atoms with E-state index in [1.165, 1.54) is 0 Å². The molecule has 0 atom stereocenters. The zero-order valence-corrected chi connectivity index (χ0v) is 6.66. The van der Waals surface area contributed by atoms with Crippen LogP contribution in [0.4, 0.5) is 0 Å². The van der Waals surface area contributed by atoms with Gasteiger partial charge in [0.1, 0.15) is 0 Å². The van der Waals surface area contributed by atoms with Crippen LogP contribution >= 0.6 is 12.2 Å². The van der Waals surface area contributed by atoms with Gasteiger partial charge in [0.2, 0.25) is 0 Å². The molecule has 0 aliphatic carbocycles. The highest BCUT2D eigenvalue weighted by Crippen LogP contribution is 1.94. The van der Waals surface area contributed by atoms with E-state index in [1.807, 2.05) is 25.3 Å². The van der Waals surface area contributed by atoms with Crippen LogP contribution in [0.25, 0.3) is 0 Å². The first-order valence-corrected chi connectivity index (χ1v) is 3.57. The summed E-state index contributed by atoms with van der Waals surface area (Å²) in [5, 5.41) is 6.09. The minimum Gasteiger partial charge on any atom is -0.386 e. The van der Waals surface area contributed by atoms with Crippen molar-refractivity contribution in [3.8, 4) is 0 Å².